The molecule has 0 unspecified atom stereocenters. The summed E-state index contributed by atoms with van der Waals surface area (Å²) in [6.45, 7) is -0.752. The number of aromatic amines is 1. The number of benzene rings is 1. The fraction of sp³-hybridized carbons (Fsp3) is 0.150. The zero-order valence-electron chi connectivity index (χ0n) is 16.1. The number of anilines is 1. The van der Waals surface area contributed by atoms with Gasteiger partial charge in [-0.25, -0.2) is 10.4 Å². The van der Waals surface area contributed by atoms with Crippen LogP contribution in [0.15, 0.2) is 53.1 Å². The molecule has 3 N–H and O–H groups in total. The Morgan fingerprint density at radius 2 is 2.23 bits per heavy atom. The average Bonchev–Trinajstić information content (AvgIpc) is 3.44. The van der Waals surface area contributed by atoms with E-state index in [9.17, 15) is 13.6 Å². The second kappa shape index (κ2) is 7.60. The van der Waals surface area contributed by atoms with E-state index in [1.165, 1.54) is 17.5 Å². The van der Waals surface area contributed by atoms with E-state index in [2.05, 4.69) is 25.9 Å². The van der Waals surface area contributed by atoms with Gasteiger partial charge < -0.3 is 10.1 Å². The van der Waals surface area contributed by atoms with Crippen LogP contribution in [0.1, 0.15) is 4.88 Å². The molecule has 158 valence electrons. The Bertz CT molecular complexity index is 1280. The second-order valence-corrected chi connectivity index (χ2v) is 8.14. The molecule has 5 rings (SSSR count). The summed E-state index contributed by atoms with van der Waals surface area (Å²) in [4.78, 5) is 18.2. The molecule has 0 aliphatic carbocycles. The van der Waals surface area contributed by atoms with Gasteiger partial charge in [0.1, 0.15) is 11.4 Å². The Kier molecular flexibility index (Phi) is 4.75. The number of hydrogen-bond donors (Lipinski definition) is 3. The maximum Gasteiger partial charge on any atom is 0.387 e. The lowest BCUT2D eigenvalue weighted by Crippen LogP contribution is -2.27. The van der Waals surface area contributed by atoms with Gasteiger partial charge in [-0.05, 0) is 36.6 Å². The number of nitrogens with zero attached hydrogens (tertiary/aromatic N) is 3. The van der Waals surface area contributed by atoms with E-state index >= 15 is 0 Å². The summed E-state index contributed by atoms with van der Waals surface area (Å²) in [6, 6.07) is 5.21. The predicted octanol–water partition coefficient (Wildman–Crippen LogP) is 3.77. The SMILES string of the molecule is Cc1cc2cc(OC(F)F)c(-c3n[nH]cc3NC(=O)C3=C4N=CC=CN4NC3)cc2s1. The van der Waals surface area contributed by atoms with Gasteiger partial charge >= 0.3 is 6.61 Å². The third kappa shape index (κ3) is 3.57. The molecule has 2 aromatic heterocycles. The number of hydrazine groups is 1. The molecular weight excluding hydrogens is 426 g/mol. The molecule has 1 aromatic carbocycles. The first-order valence-electron chi connectivity index (χ1n) is 9.31. The Labute approximate surface area is 178 Å². The summed E-state index contributed by atoms with van der Waals surface area (Å²) in [6.07, 6.45) is 6.61. The molecule has 3 aromatic rings. The van der Waals surface area contributed by atoms with Crippen molar-refractivity contribution >= 4 is 39.2 Å². The summed E-state index contributed by atoms with van der Waals surface area (Å²) in [5.74, 6) is 0.118. The zero-order chi connectivity index (χ0) is 21.5. The highest BCUT2D eigenvalue weighted by Gasteiger charge is 2.28. The molecule has 0 radical (unpaired) electrons. The molecule has 0 atom stereocenters. The maximum atomic E-state index is 13.1. The van der Waals surface area contributed by atoms with E-state index < -0.39 is 6.61 Å². The Morgan fingerprint density at radius 3 is 3.06 bits per heavy atom. The topological polar surface area (TPSA) is 94.6 Å². The first kappa shape index (κ1) is 19.4. The summed E-state index contributed by atoms with van der Waals surface area (Å²) in [5, 5.41) is 12.1. The normalized spacial score (nSPS) is 15.3. The molecule has 2 aliphatic heterocycles. The van der Waals surface area contributed by atoms with Crippen LogP contribution in [0.3, 0.4) is 0 Å². The van der Waals surface area contributed by atoms with E-state index in [4.69, 9.17) is 4.74 Å². The van der Waals surface area contributed by atoms with Crippen LogP contribution >= 0.6 is 11.3 Å². The monoisotopic (exact) mass is 442 g/mol. The van der Waals surface area contributed by atoms with Crippen LogP contribution in [-0.4, -0.2) is 40.5 Å². The number of allylic oxidation sites excluding steroid dienone is 1. The van der Waals surface area contributed by atoms with Gasteiger partial charge in [0, 0.05) is 40.3 Å². The highest BCUT2D eigenvalue weighted by atomic mass is 32.1. The van der Waals surface area contributed by atoms with Crippen LogP contribution in [0.2, 0.25) is 0 Å². The van der Waals surface area contributed by atoms with Crippen molar-refractivity contribution in [3.63, 3.8) is 0 Å². The van der Waals surface area contributed by atoms with Crippen LogP contribution in [0.5, 0.6) is 5.75 Å². The molecule has 4 heterocycles. The maximum absolute atomic E-state index is 13.1. The minimum atomic E-state index is -2.99. The lowest BCUT2D eigenvalue weighted by atomic mass is 10.1. The van der Waals surface area contributed by atoms with E-state index in [1.807, 2.05) is 13.0 Å². The number of nitrogens with one attached hydrogen (secondary N) is 3. The minimum absolute atomic E-state index is 0.0133. The number of rotatable bonds is 5. The fourth-order valence-corrected chi connectivity index (χ4v) is 4.46. The minimum Gasteiger partial charge on any atom is -0.434 e. The molecule has 11 heteroatoms. The first-order chi connectivity index (χ1) is 15.0. The van der Waals surface area contributed by atoms with Crippen LogP contribution in [0.25, 0.3) is 21.3 Å². The van der Waals surface area contributed by atoms with Gasteiger partial charge in [0.15, 0.2) is 5.82 Å². The number of fused-ring (bicyclic) bond motifs is 2. The molecule has 1 amide bonds. The number of hydrogen-bond acceptors (Lipinski definition) is 7. The van der Waals surface area contributed by atoms with Crippen molar-refractivity contribution in [2.75, 3.05) is 11.9 Å². The lowest BCUT2D eigenvalue weighted by Gasteiger charge is -2.15. The average molecular weight is 442 g/mol. The van der Waals surface area contributed by atoms with Crippen molar-refractivity contribution in [2.24, 2.45) is 4.99 Å². The van der Waals surface area contributed by atoms with Crippen LogP contribution in [0, 0.1) is 6.92 Å². The molecule has 8 nitrogen and oxygen atoms in total. The summed E-state index contributed by atoms with van der Waals surface area (Å²) < 4.78 is 31.8. The number of halogens is 2. The number of carbonyl (C=O) groups is 1. The number of thiophene rings is 1. The standard InChI is InChI=1S/C20H16F2N6O2S/c1-10-5-11-6-15(30-20(21)22)12(7-16(11)31-10)17-14(9-24-27-17)26-19(29)13-8-25-28-4-2-3-23-18(13)28/h2-7,9,20,25H,8H2,1H3,(H,24,27)(H,26,29). The Balaban J connectivity index is 1.52. The number of ether oxygens (including phenoxy) is 1. The predicted molar refractivity (Wildman–Crippen MR) is 114 cm³/mol. The lowest BCUT2D eigenvalue weighted by molar-refractivity contribution is -0.112. The number of carbonyl (C=O) groups excluding carboxylic acids is 1. The van der Waals surface area contributed by atoms with Crippen molar-refractivity contribution in [3.05, 3.63) is 52.9 Å². The number of amides is 1. The number of alkyl halides is 2. The molecule has 0 saturated heterocycles. The van der Waals surface area contributed by atoms with Gasteiger partial charge in [-0.15, -0.1) is 11.3 Å². The van der Waals surface area contributed by atoms with Gasteiger partial charge in [0.05, 0.1) is 11.3 Å². The third-order valence-electron chi connectivity index (χ3n) is 4.82. The number of H-pyrrole nitrogens is 1. The quantitative estimate of drug-likeness (QED) is 0.559. The van der Waals surface area contributed by atoms with Crippen molar-refractivity contribution in [1.29, 1.82) is 0 Å². The molecule has 0 fully saturated rings. The van der Waals surface area contributed by atoms with Crippen LogP contribution < -0.4 is 15.5 Å². The third-order valence-corrected chi connectivity index (χ3v) is 5.83. The highest BCUT2D eigenvalue weighted by molar-refractivity contribution is 7.19. The first-order valence-corrected chi connectivity index (χ1v) is 10.1. The van der Waals surface area contributed by atoms with Crippen molar-refractivity contribution in [1.82, 2.24) is 20.6 Å². The molecule has 31 heavy (non-hydrogen) atoms. The molecule has 0 saturated carbocycles. The largest absolute Gasteiger partial charge is 0.434 e. The van der Waals surface area contributed by atoms with Gasteiger partial charge in [0.2, 0.25) is 0 Å². The summed E-state index contributed by atoms with van der Waals surface area (Å²) in [7, 11) is 0. The van der Waals surface area contributed by atoms with E-state index in [0.29, 0.717) is 34.9 Å². The number of aromatic nitrogens is 2. The van der Waals surface area contributed by atoms with Gasteiger partial charge in [-0.3, -0.25) is 14.9 Å². The van der Waals surface area contributed by atoms with Crippen molar-refractivity contribution < 1.29 is 18.3 Å². The van der Waals surface area contributed by atoms with Gasteiger partial charge in [-0.2, -0.15) is 13.9 Å². The van der Waals surface area contributed by atoms with Gasteiger partial charge in [-0.1, -0.05) is 0 Å². The highest BCUT2D eigenvalue weighted by Crippen LogP contribution is 2.40. The van der Waals surface area contributed by atoms with Crippen LogP contribution in [0.4, 0.5) is 14.5 Å². The smallest absolute Gasteiger partial charge is 0.387 e. The molecule has 0 spiro atoms. The zero-order valence-corrected chi connectivity index (χ0v) is 17.0. The Hall–Kier alpha value is -3.57. The Morgan fingerprint density at radius 1 is 1.35 bits per heavy atom. The molecule has 2 aliphatic rings. The van der Waals surface area contributed by atoms with Gasteiger partial charge in [0.25, 0.3) is 5.91 Å². The molecule has 0 bridgehead atoms. The second-order valence-electron chi connectivity index (χ2n) is 6.85. The number of aliphatic imine (C=N–C) groups is 1. The van der Waals surface area contributed by atoms with E-state index in [-0.39, 0.29) is 11.7 Å². The summed E-state index contributed by atoms with van der Waals surface area (Å²) >= 11 is 1.53. The molecular formula is C20H16F2N6O2S. The number of aryl methyl sites for hydroxylation is 1. The van der Waals surface area contributed by atoms with Crippen molar-refractivity contribution in [2.45, 2.75) is 13.5 Å². The van der Waals surface area contributed by atoms with E-state index in [1.54, 1.807) is 35.6 Å². The fourth-order valence-electron chi connectivity index (χ4n) is 3.51. The van der Waals surface area contributed by atoms with Crippen LogP contribution in [-0.2, 0) is 4.79 Å². The van der Waals surface area contributed by atoms with Crippen molar-refractivity contribution in [3.8, 4) is 17.0 Å². The summed E-state index contributed by atoms with van der Waals surface area (Å²) in [5.41, 5.74) is 4.49. The van der Waals surface area contributed by atoms with E-state index in [0.717, 1.165) is 15.0 Å².